The number of phenolic OH excluding ortho intramolecular Hbond substituents is 1. The summed E-state index contributed by atoms with van der Waals surface area (Å²) in [6.45, 7) is 12.2. The summed E-state index contributed by atoms with van der Waals surface area (Å²) in [5, 5.41) is 19.2. The van der Waals surface area contributed by atoms with Crippen molar-refractivity contribution < 1.29 is 19.7 Å². The molecule has 0 unspecified atom stereocenters. The minimum atomic E-state index is -0.449. The summed E-state index contributed by atoms with van der Waals surface area (Å²) < 4.78 is 4.90. The molecule has 0 aromatic heterocycles. The van der Waals surface area contributed by atoms with Crippen LogP contribution in [0.2, 0.25) is 0 Å². The first-order valence-electron chi connectivity index (χ1n) is 7.60. The number of ether oxygens (including phenoxy) is 1. The van der Waals surface area contributed by atoms with Crippen molar-refractivity contribution in [1.82, 2.24) is 0 Å². The summed E-state index contributed by atoms with van der Waals surface area (Å²) in [7, 11) is 0. The summed E-state index contributed by atoms with van der Waals surface area (Å²) in [6.07, 6.45) is -0.00116. The van der Waals surface area contributed by atoms with E-state index in [1.54, 1.807) is 0 Å². The van der Waals surface area contributed by atoms with Crippen LogP contribution in [-0.2, 0) is 26.8 Å². The van der Waals surface area contributed by atoms with E-state index >= 15 is 0 Å². The number of aliphatic hydroxyl groups excluding tert-OH is 1. The molecule has 22 heavy (non-hydrogen) atoms. The van der Waals surface area contributed by atoms with Gasteiger partial charge in [0.15, 0.2) is 0 Å². The number of aromatic hydroxyl groups is 1. The van der Waals surface area contributed by atoms with Crippen molar-refractivity contribution in [3.8, 4) is 5.75 Å². The molecule has 0 amide bonds. The van der Waals surface area contributed by atoms with Crippen LogP contribution in [0.4, 0.5) is 0 Å². The summed E-state index contributed by atoms with van der Waals surface area (Å²) in [5.41, 5.74) is 2.15. The standard InChI is InChI=1S/C18H28O4/c1-17(2,3)13-9-12(10-15(20)22-8-7-19)16(21)14(11-13)18(4,5)6/h9,11,19,21H,7-8,10H2,1-6H3. The number of esters is 1. The van der Waals surface area contributed by atoms with Gasteiger partial charge in [-0.15, -0.1) is 0 Å². The van der Waals surface area contributed by atoms with Gasteiger partial charge in [0.25, 0.3) is 0 Å². The van der Waals surface area contributed by atoms with Crippen LogP contribution < -0.4 is 0 Å². The third-order valence-corrected chi connectivity index (χ3v) is 3.55. The average Bonchev–Trinajstić information content (AvgIpc) is 2.36. The number of aliphatic hydroxyl groups is 1. The normalized spacial score (nSPS) is 12.3. The first kappa shape index (κ1) is 18.5. The number of hydrogen-bond acceptors (Lipinski definition) is 4. The maximum Gasteiger partial charge on any atom is 0.310 e. The van der Waals surface area contributed by atoms with Crippen LogP contribution in [0.5, 0.6) is 5.75 Å². The second-order valence-corrected chi connectivity index (χ2v) is 7.65. The highest BCUT2D eigenvalue weighted by atomic mass is 16.5. The summed E-state index contributed by atoms with van der Waals surface area (Å²) in [4.78, 5) is 11.8. The monoisotopic (exact) mass is 308 g/mol. The predicted octanol–water partition coefficient (Wildman–Crippen LogP) is 3.07. The second-order valence-electron chi connectivity index (χ2n) is 7.65. The van der Waals surface area contributed by atoms with Crippen molar-refractivity contribution >= 4 is 5.97 Å². The van der Waals surface area contributed by atoms with Crippen molar-refractivity contribution in [3.63, 3.8) is 0 Å². The highest BCUT2D eigenvalue weighted by molar-refractivity contribution is 5.74. The van der Waals surface area contributed by atoms with Crippen LogP contribution in [0.3, 0.4) is 0 Å². The number of phenols is 1. The summed E-state index contributed by atoms with van der Waals surface area (Å²) in [6, 6.07) is 3.88. The lowest BCUT2D eigenvalue weighted by molar-refractivity contribution is -0.143. The lowest BCUT2D eigenvalue weighted by atomic mass is 9.78. The van der Waals surface area contributed by atoms with Crippen molar-refractivity contribution in [1.29, 1.82) is 0 Å². The molecule has 1 rings (SSSR count). The van der Waals surface area contributed by atoms with Gasteiger partial charge in [0.05, 0.1) is 13.0 Å². The third kappa shape index (κ3) is 4.73. The Kier molecular flexibility index (Phi) is 5.63. The van der Waals surface area contributed by atoms with Gasteiger partial charge in [-0.1, -0.05) is 53.7 Å². The van der Waals surface area contributed by atoms with E-state index in [-0.39, 0.29) is 36.2 Å². The SMILES string of the molecule is CC(C)(C)c1cc(CC(=O)OCCO)c(O)c(C(C)(C)C)c1. The Labute approximate surface area is 133 Å². The molecule has 0 saturated carbocycles. The zero-order valence-corrected chi connectivity index (χ0v) is 14.5. The predicted molar refractivity (Wildman–Crippen MR) is 87.3 cm³/mol. The molecule has 0 radical (unpaired) electrons. The number of carbonyl (C=O) groups excluding carboxylic acids is 1. The molecule has 0 saturated heterocycles. The Bertz CT molecular complexity index is 533. The lowest BCUT2D eigenvalue weighted by Gasteiger charge is -2.27. The van der Waals surface area contributed by atoms with Gasteiger partial charge < -0.3 is 14.9 Å². The molecule has 0 aliphatic carbocycles. The van der Waals surface area contributed by atoms with E-state index in [0.29, 0.717) is 5.56 Å². The molecule has 124 valence electrons. The highest BCUT2D eigenvalue weighted by Crippen LogP contribution is 2.37. The number of benzene rings is 1. The fourth-order valence-corrected chi connectivity index (χ4v) is 2.20. The molecule has 0 aliphatic rings. The van der Waals surface area contributed by atoms with E-state index in [0.717, 1.165) is 11.1 Å². The topological polar surface area (TPSA) is 66.8 Å². The quantitative estimate of drug-likeness (QED) is 0.839. The van der Waals surface area contributed by atoms with Crippen LogP contribution in [0.15, 0.2) is 12.1 Å². The molecule has 4 nitrogen and oxygen atoms in total. The first-order valence-corrected chi connectivity index (χ1v) is 7.60. The molecule has 0 heterocycles. The van der Waals surface area contributed by atoms with E-state index in [2.05, 4.69) is 20.8 Å². The molecular weight excluding hydrogens is 280 g/mol. The summed E-state index contributed by atoms with van der Waals surface area (Å²) in [5.74, 6) is -0.295. The van der Waals surface area contributed by atoms with Gasteiger partial charge in [0, 0.05) is 5.56 Å². The molecule has 1 aromatic rings. The molecule has 0 aliphatic heterocycles. The Morgan fingerprint density at radius 2 is 1.68 bits per heavy atom. The van der Waals surface area contributed by atoms with Crippen LogP contribution in [-0.4, -0.2) is 29.4 Å². The van der Waals surface area contributed by atoms with Gasteiger partial charge in [-0.05, 0) is 22.0 Å². The average molecular weight is 308 g/mol. The maximum absolute atomic E-state index is 11.8. The summed E-state index contributed by atoms with van der Waals surface area (Å²) >= 11 is 0. The van der Waals surface area contributed by atoms with Gasteiger partial charge in [-0.25, -0.2) is 0 Å². The fraction of sp³-hybridized carbons (Fsp3) is 0.611. The molecular formula is C18H28O4. The van der Waals surface area contributed by atoms with Gasteiger partial charge in [0.1, 0.15) is 12.4 Å². The van der Waals surface area contributed by atoms with Crippen LogP contribution in [0.1, 0.15) is 58.2 Å². The van der Waals surface area contributed by atoms with E-state index in [1.807, 2.05) is 32.9 Å². The maximum atomic E-state index is 11.8. The first-order chi connectivity index (χ1) is 9.96. The Morgan fingerprint density at radius 1 is 1.09 bits per heavy atom. The van der Waals surface area contributed by atoms with Crippen molar-refractivity contribution in [2.45, 2.75) is 58.8 Å². The number of carbonyl (C=O) groups is 1. The van der Waals surface area contributed by atoms with E-state index < -0.39 is 5.97 Å². The third-order valence-electron chi connectivity index (χ3n) is 3.55. The molecule has 0 spiro atoms. The van der Waals surface area contributed by atoms with Gasteiger partial charge in [-0.2, -0.15) is 0 Å². The molecule has 0 atom stereocenters. The van der Waals surface area contributed by atoms with Crippen LogP contribution >= 0.6 is 0 Å². The molecule has 4 heteroatoms. The number of hydrogen-bond donors (Lipinski definition) is 2. The van der Waals surface area contributed by atoms with Crippen molar-refractivity contribution in [2.24, 2.45) is 0 Å². The fourth-order valence-electron chi connectivity index (χ4n) is 2.20. The zero-order valence-electron chi connectivity index (χ0n) is 14.5. The van der Waals surface area contributed by atoms with Crippen LogP contribution in [0.25, 0.3) is 0 Å². The minimum absolute atomic E-state index is 0.00116. The highest BCUT2D eigenvalue weighted by Gasteiger charge is 2.25. The number of rotatable bonds is 4. The molecule has 1 aromatic carbocycles. The minimum Gasteiger partial charge on any atom is -0.507 e. The molecule has 0 bridgehead atoms. The smallest absolute Gasteiger partial charge is 0.310 e. The van der Waals surface area contributed by atoms with Gasteiger partial charge in [-0.3, -0.25) is 4.79 Å². The van der Waals surface area contributed by atoms with E-state index in [4.69, 9.17) is 9.84 Å². The van der Waals surface area contributed by atoms with Gasteiger partial charge >= 0.3 is 5.97 Å². The lowest BCUT2D eigenvalue weighted by Crippen LogP contribution is -2.19. The zero-order chi connectivity index (χ0) is 17.1. The molecule has 0 fully saturated rings. The Hall–Kier alpha value is -1.55. The Balaban J connectivity index is 3.28. The van der Waals surface area contributed by atoms with Crippen molar-refractivity contribution in [2.75, 3.05) is 13.2 Å². The van der Waals surface area contributed by atoms with Gasteiger partial charge in [0.2, 0.25) is 0 Å². The Morgan fingerprint density at radius 3 is 2.14 bits per heavy atom. The molecule has 2 N–H and O–H groups in total. The largest absolute Gasteiger partial charge is 0.507 e. The van der Waals surface area contributed by atoms with E-state index in [9.17, 15) is 9.90 Å². The van der Waals surface area contributed by atoms with E-state index in [1.165, 1.54) is 0 Å². The van der Waals surface area contributed by atoms with Crippen molar-refractivity contribution in [3.05, 3.63) is 28.8 Å². The second kappa shape index (κ2) is 6.69. The van der Waals surface area contributed by atoms with Crippen LogP contribution in [0, 0.1) is 0 Å².